The molecule has 2 fully saturated rings. The second kappa shape index (κ2) is 9.63. The summed E-state index contributed by atoms with van der Waals surface area (Å²) in [6, 6.07) is 9.04. The van der Waals surface area contributed by atoms with Crippen molar-refractivity contribution in [2.45, 2.75) is 45.3 Å². The van der Waals surface area contributed by atoms with Crippen molar-refractivity contribution >= 4 is 5.69 Å². The number of aliphatic hydroxyl groups is 1. The van der Waals surface area contributed by atoms with Gasteiger partial charge in [0.05, 0.1) is 18.8 Å². The lowest BCUT2D eigenvalue weighted by atomic mass is 9.68. The predicted octanol–water partition coefficient (Wildman–Crippen LogP) is 3.46. The van der Waals surface area contributed by atoms with E-state index < -0.39 is 5.60 Å². The third-order valence-electron chi connectivity index (χ3n) is 6.87. The Morgan fingerprint density at radius 2 is 1.88 bits per heavy atom. The molecule has 4 rings (SSSR count). The van der Waals surface area contributed by atoms with E-state index in [0.29, 0.717) is 43.0 Å². The lowest BCUT2D eigenvalue weighted by Crippen LogP contribution is -2.43. The minimum atomic E-state index is -0.984. The smallest absolute Gasteiger partial charge is 0.319 e. The Labute approximate surface area is 191 Å². The molecule has 1 aromatic carbocycles. The predicted molar refractivity (Wildman–Crippen MR) is 125 cm³/mol. The van der Waals surface area contributed by atoms with Crippen LogP contribution in [0.1, 0.15) is 44.2 Å². The van der Waals surface area contributed by atoms with Crippen molar-refractivity contribution < 1.29 is 14.6 Å². The third-order valence-corrected chi connectivity index (χ3v) is 6.87. The molecule has 0 unspecified atom stereocenters. The van der Waals surface area contributed by atoms with Crippen LogP contribution in [-0.4, -0.2) is 60.4 Å². The first-order valence-electron chi connectivity index (χ1n) is 11.8. The summed E-state index contributed by atoms with van der Waals surface area (Å²) < 4.78 is 11.3. The van der Waals surface area contributed by atoms with Crippen LogP contribution in [0.4, 0.5) is 5.69 Å². The molecule has 1 N–H and O–H groups in total. The van der Waals surface area contributed by atoms with Crippen molar-refractivity contribution in [2.75, 3.05) is 45.3 Å². The van der Waals surface area contributed by atoms with Crippen molar-refractivity contribution in [2.24, 2.45) is 11.8 Å². The van der Waals surface area contributed by atoms with E-state index in [2.05, 4.69) is 58.1 Å². The summed E-state index contributed by atoms with van der Waals surface area (Å²) in [5, 5.41) is 12.0. The first kappa shape index (κ1) is 22.8. The lowest BCUT2D eigenvalue weighted by molar-refractivity contribution is -0.0672. The first-order chi connectivity index (χ1) is 15.4. The van der Waals surface area contributed by atoms with Crippen LogP contribution in [-0.2, 0) is 12.1 Å². The molecule has 2 heterocycles. The Kier molecular flexibility index (Phi) is 6.86. The Balaban J connectivity index is 1.55. The number of ether oxygens (including phenoxy) is 2. The molecular formula is C25H36N4O3. The van der Waals surface area contributed by atoms with Crippen LogP contribution < -0.4 is 14.4 Å². The molecule has 0 radical (unpaired) electrons. The fourth-order valence-electron chi connectivity index (χ4n) is 5.33. The van der Waals surface area contributed by atoms with Gasteiger partial charge in [-0.15, -0.1) is 0 Å². The molecule has 1 aromatic heterocycles. The molecule has 3 atom stereocenters. The molecule has 1 aliphatic carbocycles. The minimum Gasteiger partial charge on any atom is -0.478 e. The molecule has 174 valence electrons. The van der Waals surface area contributed by atoms with Gasteiger partial charge in [0, 0.05) is 51.5 Å². The minimum absolute atomic E-state index is 0.137. The van der Waals surface area contributed by atoms with Crippen molar-refractivity contribution in [1.82, 2.24) is 14.9 Å². The van der Waals surface area contributed by atoms with Gasteiger partial charge >= 0.3 is 6.01 Å². The second-order valence-electron chi connectivity index (χ2n) is 9.18. The van der Waals surface area contributed by atoms with Crippen LogP contribution in [0.25, 0.3) is 0 Å². The van der Waals surface area contributed by atoms with Crippen LogP contribution in [0.2, 0.25) is 0 Å². The van der Waals surface area contributed by atoms with Gasteiger partial charge in [0.1, 0.15) is 5.60 Å². The van der Waals surface area contributed by atoms with Gasteiger partial charge < -0.3 is 19.5 Å². The van der Waals surface area contributed by atoms with E-state index in [9.17, 15) is 5.11 Å². The van der Waals surface area contributed by atoms with Crippen molar-refractivity contribution in [3.63, 3.8) is 0 Å². The molecule has 1 saturated heterocycles. The quantitative estimate of drug-likeness (QED) is 0.674. The van der Waals surface area contributed by atoms with E-state index in [1.54, 1.807) is 6.20 Å². The number of fused-ring (bicyclic) bond motifs is 1. The highest BCUT2D eigenvalue weighted by atomic mass is 16.5. The molecule has 7 nitrogen and oxygen atoms in total. The fraction of sp³-hybridized carbons (Fsp3) is 0.600. The van der Waals surface area contributed by atoms with Gasteiger partial charge in [-0.3, -0.25) is 4.90 Å². The number of benzene rings is 1. The average Bonchev–Trinajstić information content (AvgIpc) is 3.19. The van der Waals surface area contributed by atoms with Crippen LogP contribution >= 0.6 is 0 Å². The molecule has 0 bridgehead atoms. The normalized spacial score (nSPS) is 25.4. The van der Waals surface area contributed by atoms with E-state index in [1.165, 1.54) is 11.3 Å². The number of rotatable bonds is 8. The zero-order valence-corrected chi connectivity index (χ0v) is 19.8. The summed E-state index contributed by atoms with van der Waals surface area (Å²) in [5.74, 6) is 1.04. The maximum atomic E-state index is 12.0. The van der Waals surface area contributed by atoms with Gasteiger partial charge in [-0.1, -0.05) is 12.1 Å². The Morgan fingerprint density at radius 3 is 2.56 bits per heavy atom. The zero-order valence-electron chi connectivity index (χ0n) is 19.8. The Hall–Kier alpha value is -2.38. The van der Waals surface area contributed by atoms with Gasteiger partial charge in [-0.05, 0) is 56.7 Å². The van der Waals surface area contributed by atoms with Gasteiger partial charge in [-0.2, -0.15) is 4.98 Å². The molecule has 0 amide bonds. The zero-order chi connectivity index (χ0) is 22.7. The molecule has 0 spiro atoms. The van der Waals surface area contributed by atoms with E-state index in [4.69, 9.17) is 9.47 Å². The number of anilines is 1. The summed E-state index contributed by atoms with van der Waals surface area (Å²) in [5.41, 5.74) is 2.23. The van der Waals surface area contributed by atoms with E-state index in [1.807, 2.05) is 13.8 Å². The van der Waals surface area contributed by atoms with Crippen LogP contribution in [0.5, 0.6) is 11.9 Å². The molecular weight excluding hydrogens is 404 g/mol. The van der Waals surface area contributed by atoms with Gasteiger partial charge in [0.25, 0.3) is 0 Å². The fourth-order valence-corrected chi connectivity index (χ4v) is 5.33. The number of hydrogen-bond donors (Lipinski definition) is 1. The lowest BCUT2D eigenvalue weighted by Gasteiger charge is -2.41. The molecule has 2 aliphatic rings. The summed E-state index contributed by atoms with van der Waals surface area (Å²) in [6.07, 6.45) is 4.55. The highest BCUT2D eigenvalue weighted by molar-refractivity contribution is 5.46. The van der Waals surface area contributed by atoms with Gasteiger partial charge in [0.15, 0.2) is 0 Å². The monoisotopic (exact) mass is 440 g/mol. The van der Waals surface area contributed by atoms with E-state index in [0.717, 1.165) is 32.5 Å². The summed E-state index contributed by atoms with van der Waals surface area (Å²) in [7, 11) is 4.12. The van der Waals surface area contributed by atoms with Crippen LogP contribution in [0.3, 0.4) is 0 Å². The third kappa shape index (κ3) is 4.55. The SMILES string of the molecule is CCOc1ncc([C@]2(O)CCC[C@@H]3CN(Cc4ccc(N(C)C)cc4)C[C@@H]32)c(OCC)n1. The van der Waals surface area contributed by atoms with Crippen LogP contribution in [0, 0.1) is 11.8 Å². The van der Waals surface area contributed by atoms with Crippen molar-refractivity contribution in [3.05, 3.63) is 41.6 Å². The first-order valence-corrected chi connectivity index (χ1v) is 11.8. The van der Waals surface area contributed by atoms with Crippen molar-refractivity contribution in [3.8, 4) is 11.9 Å². The van der Waals surface area contributed by atoms with E-state index in [-0.39, 0.29) is 5.92 Å². The van der Waals surface area contributed by atoms with E-state index >= 15 is 0 Å². The molecule has 1 saturated carbocycles. The Morgan fingerprint density at radius 1 is 1.12 bits per heavy atom. The standard InChI is InChI=1S/C25H36N4O3/c1-5-31-23-21(14-26-24(27-23)32-6-2)25(30)13-7-8-19-16-29(17-22(19)25)15-18-9-11-20(12-10-18)28(3)4/h9-12,14,19,22,30H,5-8,13,15-17H2,1-4H3/t19-,22+,25-/m1/s1. The highest BCUT2D eigenvalue weighted by Gasteiger charge is 2.51. The summed E-state index contributed by atoms with van der Waals surface area (Å²) in [6.45, 7) is 7.56. The largest absolute Gasteiger partial charge is 0.478 e. The molecule has 2 aromatic rings. The number of likely N-dealkylation sites (tertiary alicyclic amines) is 1. The number of nitrogens with zero attached hydrogens (tertiary/aromatic N) is 4. The number of hydrogen-bond acceptors (Lipinski definition) is 7. The molecule has 1 aliphatic heterocycles. The van der Waals surface area contributed by atoms with Crippen molar-refractivity contribution in [1.29, 1.82) is 0 Å². The maximum absolute atomic E-state index is 12.0. The Bertz CT molecular complexity index is 905. The van der Waals surface area contributed by atoms with Gasteiger partial charge in [0.2, 0.25) is 5.88 Å². The summed E-state index contributed by atoms with van der Waals surface area (Å²) in [4.78, 5) is 13.4. The average molecular weight is 441 g/mol. The maximum Gasteiger partial charge on any atom is 0.319 e. The number of aromatic nitrogens is 2. The topological polar surface area (TPSA) is 71.0 Å². The molecule has 7 heteroatoms. The molecule has 32 heavy (non-hydrogen) atoms. The van der Waals surface area contributed by atoms with Crippen LogP contribution in [0.15, 0.2) is 30.5 Å². The van der Waals surface area contributed by atoms with Gasteiger partial charge in [-0.25, -0.2) is 4.98 Å². The summed E-state index contributed by atoms with van der Waals surface area (Å²) >= 11 is 0. The second-order valence-corrected chi connectivity index (χ2v) is 9.18. The highest BCUT2D eigenvalue weighted by Crippen LogP contribution is 2.50.